The minimum atomic E-state index is -1.05. The van der Waals surface area contributed by atoms with Crippen LogP contribution in [-0.4, -0.2) is 19.3 Å². The second-order valence-corrected chi connectivity index (χ2v) is 2.67. The van der Waals surface area contributed by atoms with E-state index in [4.69, 9.17) is 6.42 Å². The molecule has 0 bridgehead atoms. The number of hydrogen-bond donors (Lipinski definition) is 1. The third-order valence-electron chi connectivity index (χ3n) is 1.91. The van der Waals surface area contributed by atoms with Crippen LogP contribution in [0.4, 0.5) is 4.39 Å². The smallest absolute Gasteiger partial charge is 0.164 e. The Kier molecular flexibility index (Phi) is 2.70. The highest BCUT2D eigenvalue weighted by Gasteiger charge is 2.20. The predicted molar refractivity (Wildman–Crippen MR) is 39.3 cm³/mol. The van der Waals surface area contributed by atoms with Crippen molar-refractivity contribution in [3.05, 3.63) is 0 Å². The van der Waals surface area contributed by atoms with Gasteiger partial charge in [-0.3, -0.25) is 0 Å². The van der Waals surface area contributed by atoms with E-state index in [0.29, 0.717) is 0 Å². The SMILES string of the molecule is C#CC(F)C1CCCNC1. The first kappa shape index (κ1) is 7.56. The molecule has 1 saturated heterocycles. The number of terminal acetylenes is 1. The summed E-state index contributed by atoms with van der Waals surface area (Å²) in [6.07, 6.45) is 5.88. The molecule has 10 heavy (non-hydrogen) atoms. The molecule has 0 radical (unpaired) electrons. The van der Waals surface area contributed by atoms with Crippen molar-refractivity contribution in [1.29, 1.82) is 0 Å². The minimum absolute atomic E-state index is 0.0544. The van der Waals surface area contributed by atoms with Crippen molar-refractivity contribution >= 4 is 0 Å². The van der Waals surface area contributed by atoms with Crippen molar-refractivity contribution in [3.8, 4) is 12.3 Å². The van der Waals surface area contributed by atoms with E-state index in [1.54, 1.807) is 0 Å². The Morgan fingerprint density at radius 1 is 1.70 bits per heavy atom. The van der Waals surface area contributed by atoms with Crippen molar-refractivity contribution in [2.75, 3.05) is 13.1 Å². The summed E-state index contributed by atoms with van der Waals surface area (Å²) in [5.74, 6) is 2.18. The van der Waals surface area contributed by atoms with Crippen molar-refractivity contribution < 1.29 is 4.39 Å². The molecule has 0 aromatic carbocycles. The van der Waals surface area contributed by atoms with E-state index in [2.05, 4.69) is 11.2 Å². The largest absolute Gasteiger partial charge is 0.316 e. The maximum absolute atomic E-state index is 12.7. The zero-order valence-corrected chi connectivity index (χ0v) is 5.94. The van der Waals surface area contributed by atoms with E-state index < -0.39 is 6.17 Å². The molecule has 1 aliphatic heterocycles. The third-order valence-corrected chi connectivity index (χ3v) is 1.91. The lowest BCUT2D eigenvalue weighted by atomic mass is 9.95. The van der Waals surface area contributed by atoms with Crippen molar-refractivity contribution in [2.24, 2.45) is 5.92 Å². The van der Waals surface area contributed by atoms with Crippen molar-refractivity contribution in [2.45, 2.75) is 19.0 Å². The Balaban J connectivity index is 2.33. The van der Waals surface area contributed by atoms with Crippen LogP contribution in [0.25, 0.3) is 0 Å². The van der Waals surface area contributed by atoms with Gasteiger partial charge in [-0.1, -0.05) is 5.92 Å². The van der Waals surface area contributed by atoms with Gasteiger partial charge in [0.2, 0.25) is 0 Å². The fraction of sp³-hybridized carbons (Fsp3) is 0.750. The quantitative estimate of drug-likeness (QED) is 0.536. The van der Waals surface area contributed by atoms with Gasteiger partial charge in [0.25, 0.3) is 0 Å². The molecule has 2 atom stereocenters. The molecule has 0 aliphatic carbocycles. The summed E-state index contributed by atoms with van der Waals surface area (Å²) in [5.41, 5.74) is 0. The lowest BCUT2D eigenvalue weighted by molar-refractivity contribution is 0.242. The van der Waals surface area contributed by atoms with Gasteiger partial charge in [0, 0.05) is 12.5 Å². The Morgan fingerprint density at radius 2 is 2.50 bits per heavy atom. The van der Waals surface area contributed by atoms with E-state index in [1.165, 1.54) is 0 Å². The van der Waals surface area contributed by atoms with Gasteiger partial charge in [-0.15, -0.1) is 6.42 Å². The number of halogens is 1. The lowest BCUT2D eigenvalue weighted by Crippen LogP contribution is -2.34. The Hall–Kier alpha value is -0.550. The van der Waals surface area contributed by atoms with Crippen LogP contribution in [0.3, 0.4) is 0 Å². The molecule has 1 rings (SSSR count). The fourth-order valence-corrected chi connectivity index (χ4v) is 1.26. The topological polar surface area (TPSA) is 12.0 Å². The molecule has 1 N–H and O–H groups in total. The van der Waals surface area contributed by atoms with Crippen LogP contribution in [0.2, 0.25) is 0 Å². The molecule has 2 unspecified atom stereocenters. The second kappa shape index (κ2) is 3.58. The first-order chi connectivity index (χ1) is 4.84. The molecule has 56 valence electrons. The summed E-state index contributed by atoms with van der Waals surface area (Å²) in [6, 6.07) is 0. The van der Waals surface area contributed by atoms with E-state index >= 15 is 0 Å². The highest BCUT2D eigenvalue weighted by molar-refractivity contribution is 4.98. The van der Waals surface area contributed by atoms with Crippen LogP contribution in [0.5, 0.6) is 0 Å². The van der Waals surface area contributed by atoms with Gasteiger partial charge in [-0.05, 0) is 19.4 Å². The molecule has 0 saturated carbocycles. The summed E-state index contributed by atoms with van der Waals surface area (Å²) in [7, 11) is 0. The standard InChI is InChI=1S/C8H12FN/c1-2-8(9)7-4-3-5-10-6-7/h1,7-8,10H,3-6H2. The highest BCUT2D eigenvalue weighted by Crippen LogP contribution is 2.15. The van der Waals surface area contributed by atoms with Gasteiger partial charge < -0.3 is 5.32 Å². The molecular formula is C8H12FN. The van der Waals surface area contributed by atoms with Gasteiger partial charge in [0.1, 0.15) is 0 Å². The van der Waals surface area contributed by atoms with Gasteiger partial charge in [-0.2, -0.15) is 0 Å². The zero-order chi connectivity index (χ0) is 7.40. The molecule has 0 spiro atoms. The Morgan fingerprint density at radius 3 is 3.00 bits per heavy atom. The Bertz CT molecular complexity index is 133. The number of nitrogens with one attached hydrogen (secondary N) is 1. The van der Waals surface area contributed by atoms with Crippen LogP contribution in [0.1, 0.15) is 12.8 Å². The maximum Gasteiger partial charge on any atom is 0.164 e. The molecule has 0 amide bonds. The summed E-state index contributed by atoms with van der Waals surface area (Å²) in [6.45, 7) is 1.75. The van der Waals surface area contributed by atoms with Crippen LogP contribution in [0.15, 0.2) is 0 Å². The molecule has 1 fully saturated rings. The monoisotopic (exact) mass is 141 g/mol. The van der Waals surface area contributed by atoms with Crippen LogP contribution >= 0.6 is 0 Å². The van der Waals surface area contributed by atoms with E-state index in [-0.39, 0.29) is 5.92 Å². The lowest BCUT2D eigenvalue weighted by Gasteiger charge is -2.22. The van der Waals surface area contributed by atoms with Gasteiger partial charge >= 0.3 is 0 Å². The van der Waals surface area contributed by atoms with Gasteiger partial charge in [-0.25, -0.2) is 4.39 Å². The number of alkyl halides is 1. The molecule has 0 aromatic heterocycles. The molecule has 2 heteroatoms. The van der Waals surface area contributed by atoms with E-state index in [1.807, 2.05) is 0 Å². The molecule has 1 aliphatic rings. The fourth-order valence-electron chi connectivity index (χ4n) is 1.26. The van der Waals surface area contributed by atoms with Crippen molar-refractivity contribution in [1.82, 2.24) is 5.32 Å². The maximum atomic E-state index is 12.7. The minimum Gasteiger partial charge on any atom is -0.316 e. The first-order valence-electron chi connectivity index (χ1n) is 3.65. The van der Waals surface area contributed by atoms with Crippen LogP contribution < -0.4 is 5.32 Å². The third kappa shape index (κ3) is 1.71. The van der Waals surface area contributed by atoms with E-state index in [9.17, 15) is 4.39 Å². The van der Waals surface area contributed by atoms with Gasteiger partial charge in [0.15, 0.2) is 6.17 Å². The summed E-state index contributed by atoms with van der Waals surface area (Å²) in [5, 5.41) is 3.11. The number of hydrogen-bond acceptors (Lipinski definition) is 1. The Labute approximate surface area is 61.0 Å². The average molecular weight is 141 g/mol. The predicted octanol–water partition coefficient (Wildman–Crippen LogP) is 0.957. The van der Waals surface area contributed by atoms with E-state index in [0.717, 1.165) is 25.9 Å². The molecule has 1 nitrogen and oxygen atoms in total. The molecule has 0 aromatic rings. The highest BCUT2D eigenvalue weighted by atomic mass is 19.1. The van der Waals surface area contributed by atoms with Crippen molar-refractivity contribution in [3.63, 3.8) is 0 Å². The normalized spacial score (nSPS) is 29.0. The molecule has 1 heterocycles. The number of rotatable bonds is 1. The summed E-state index contributed by atoms with van der Waals surface area (Å²) < 4.78 is 12.7. The second-order valence-electron chi connectivity index (χ2n) is 2.67. The van der Waals surface area contributed by atoms with Crippen LogP contribution in [-0.2, 0) is 0 Å². The zero-order valence-electron chi connectivity index (χ0n) is 5.94. The molecular weight excluding hydrogens is 129 g/mol. The van der Waals surface area contributed by atoms with Gasteiger partial charge in [0.05, 0.1) is 0 Å². The van der Waals surface area contributed by atoms with Crippen LogP contribution in [0, 0.1) is 18.3 Å². The average Bonchev–Trinajstić information content (AvgIpc) is 2.05. The summed E-state index contributed by atoms with van der Waals surface area (Å²) >= 11 is 0. The summed E-state index contributed by atoms with van der Waals surface area (Å²) in [4.78, 5) is 0. The number of piperidine rings is 1. The first-order valence-corrected chi connectivity index (χ1v) is 3.65.